The van der Waals surface area contributed by atoms with Gasteiger partial charge in [0, 0.05) is 25.2 Å². The smallest absolute Gasteiger partial charge is 0.305 e. The Hall–Kier alpha value is -2.04. The average molecular weight is 318 g/mol. The number of benzene rings is 1. The molecular formula is C18H26N2O3. The maximum absolute atomic E-state index is 12.2. The molecule has 0 aromatic heterocycles. The van der Waals surface area contributed by atoms with E-state index >= 15 is 0 Å². The number of carbonyl (C=O) groups excluding carboxylic acids is 2. The van der Waals surface area contributed by atoms with Crippen LogP contribution in [-0.2, 0) is 20.7 Å². The second kappa shape index (κ2) is 8.56. The van der Waals surface area contributed by atoms with Crippen molar-refractivity contribution in [1.29, 1.82) is 0 Å². The fourth-order valence-electron chi connectivity index (χ4n) is 2.84. The summed E-state index contributed by atoms with van der Waals surface area (Å²) < 4.78 is 4.63. The Morgan fingerprint density at radius 1 is 1.30 bits per heavy atom. The van der Waals surface area contributed by atoms with Crippen LogP contribution >= 0.6 is 0 Å². The molecule has 1 unspecified atom stereocenters. The number of likely N-dealkylation sites (tertiary alicyclic amines) is 1. The summed E-state index contributed by atoms with van der Waals surface area (Å²) in [5, 5.41) is 3.18. The zero-order chi connectivity index (χ0) is 16.7. The van der Waals surface area contributed by atoms with Gasteiger partial charge in [-0.1, -0.05) is 19.1 Å². The molecule has 1 aliphatic heterocycles. The molecule has 1 aromatic carbocycles. The molecule has 0 bridgehead atoms. The van der Waals surface area contributed by atoms with Gasteiger partial charge in [0.05, 0.1) is 13.7 Å². The molecule has 1 amide bonds. The molecule has 1 heterocycles. The van der Waals surface area contributed by atoms with Crippen LogP contribution in [0.25, 0.3) is 0 Å². The molecule has 0 radical (unpaired) electrons. The summed E-state index contributed by atoms with van der Waals surface area (Å²) >= 11 is 0. The zero-order valence-corrected chi connectivity index (χ0v) is 14.0. The third-order valence-electron chi connectivity index (χ3n) is 4.25. The Kier molecular flexibility index (Phi) is 6.44. The molecule has 5 heteroatoms. The molecule has 5 nitrogen and oxygen atoms in total. The second-order valence-corrected chi connectivity index (χ2v) is 6.21. The highest BCUT2D eigenvalue weighted by molar-refractivity contribution is 5.81. The summed E-state index contributed by atoms with van der Waals surface area (Å²) in [5.74, 6) is 0.557. The summed E-state index contributed by atoms with van der Waals surface area (Å²) in [6, 6.07) is 7.83. The predicted octanol–water partition coefficient (Wildman–Crippen LogP) is 2.46. The number of rotatable bonds is 6. The van der Waals surface area contributed by atoms with Crippen molar-refractivity contribution < 1.29 is 14.3 Å². The highest BCUT2D eigenvalue weighted by Crippen LogP contribution is 2.16. The monoisotopic (exact) mass is 318 g/mol. The van der Waals surface area contributed by atoms with E-state index in [4.69, 9.17) is 0 Å². The molecule has 1 saturated heterocycles. The van der Waals surface area contributed by atoms with Crippen molar-refractivity contribution >= 4 is 17.6 Å². The molecule has 23 heavy (non-hydrogen) atoms. The topological polar surface area (TPSA) is 58.6 Å². The van der Waals surface area contributed by atoms with Crippen molar-refractivity contribution in [3.8, 4) is 0 Å². The van der Waals surface area contributed by atoms with E-state index in [1.165, 1.54) is 13.5 Å². The largest absolute Gasteiger partial charge is 0.469 e. The number of esters is 1. The Labute approximate surface area is 138 Å². The van der Waals surface area contributed by atoms with Crippen LogP contribution < -0.4 is 5.32 Å². The van der Waals surface area contributed by atoms with E-state index in [-0.39, 0.29) is 11.9 Å². The van der Waals surface area contributed by atoms with E-state index in [0.29, 0.717) is 25.3 Å². The molecule has 0 aliphatic carbocycles. The minimum absolute atomic E-state index is 0.159. The van der Waals surface area contributed by atoms with E-state index in [1.807, 2.05) is 29.2 Å². The van der Waals surface area contributed by atoms with Crippen LogP contribution in [0, 0.1) is 5.92 Å². The van der Waals surface area contributed by atoms with E-state index < -0.39 is 0 Å². The van der Waals surface area contributed by atoms with E-state index in [9.17, 15) is 9.59 Å². The molecule has 1 fully saturated rings. The molecule has 1 N–H and O–H groups in total. The summed E-state index contributed by atoms with van der Waals surface area (Å²) in [4.78, 5) is 25.3. The van der Waals surface area contributed by atoms with Crippen molar-refractivity contribution in [2.45, 2.75) is 32.6 Å². The number of hydrogen-bond donors (Lipinski definition) is 1. The van der Waals surface area contributed by atoms with Gasteiger partial charge < -0.3 is 15.0 Å². The first kappa shape index (κ1) is 17.3. The lowest BCUT2D eigenvalue weighted by Gasteiger charge is -2.31. The first-order valence-electron chi connectivity index (χ1n) is 8.26. The van der Waals surface area contributed by atoms with Gasteiger partial charge in [0.15, 0.2) is 0 Å². The Morgan fingerprint density at radius 2 is 2.04 bits per heavy atom. The zero-order valence-electron chi connectivity index (χ0n) is 14.0. The lowest BCUT2D eigenvalue weighted by Crippen LogP contribution is -2.41. The SMILES string of the molecule is COC(=O)CCc1ccc(NCC(=O)N2CCCC(C)C2)cc1. The quantitative estimate of drug-likeness (QED) is 0.819. The number of hydrogen-bond acceptors (Lipinski definition) is 4. The normalized spacial score (nSPS) is 17.7. The molecule has 0 saturated carbocycles. The average Bonchev–Trinajstić information content (AvgIpc) is 2.58. The van der Waals surface area contributed by atoms with Crippen LogP contribution in [0.5, 0.6) is 0 Å². The second-order valence-electron chi connectivity index (χ2n) is 6.21. The van der Waals surface area contributed by atoms with Gasteiger partial charge in [-0.15, -0.1) is 0 Å². The van der Waals surface area contributed by atoms with Gasteiger partial charge in [-0.05, 0) is 42.9 Å². The van der Waals surface area contributed by atoms with Crippen LogP contribution in [0.15, 0.2) is 24.3 Å². The maximum Gasteiger partial charge on any atom is 0.305 e. The van der Waals surface area contributed by atoms with Gasteiger partial charge >= 0.3 is 5.97 Å². The number of nitrogens with one attached hydrogen (secondary N) is 1. The van der Waals surface area contributed by atoms with Crippen LogP contribution in [0.1, 0.15) is 31.7 Å². The maximum atomic E-state index is 12.2. The number of ether oxygens (including phenoxy) is 1. The minimum atomic E-state index is -0.200. The number of amides is 1. The number of aryl methyl sites for hydroxylation is 1. The molecule has 1 aliphatic rings. The molecular weight excluding hydrogens is 292 g/mol. The fraction of sp³-hybridized carbons (Fsp3) is 0.556. The molecule has 1 aromatic rings. The van der Waals surface area contributed by atoms with Crippen LogP contribution in [0.4, 0.5) is 5.69 Å². The van der Waals surface area contributed by atoms with E-state index in [1.54, 1.807) is 0 Å². The molecule has 1 atom stereocenters. The predicted molar refractivity (Wildman–Crippen MR) is 90.2 cm³/mol. The number of nitrogens with zero attached hydrogens (tertiary/aromatic N) is 1. The van der Waals surface area contributed by atoms with Crippen molar-refractivity contribution in [1.82, 2.24) is 4.90 Å². The first-order chi connectivity index (χ1) is 11.1. The molecule has 126 valence electrons. The first-order valence-corrected chi connectivity index (χ1v) is 8.26. The summed E-state index contributed by atoms with van der Waals surface area (Å²) in [5.41, 5.74) is 2.00. The van der Waals surface area contributed by atoms with Crippen molar-refractivity contribution in [2.75, 3.05) is 32.1 Å². The fourth-order valence-corrected chi connectivity index (χ4v) is 2.84. The number of methoxy groups -OCH3 is 1. The summed E-state index contributed by atoms with van der Waals surface area (Å²) in [6.45, 7) is 4.26. The highest BCUT2D eigenvalue weighted by atomic mass is 16.5. The van der Waals surface area contributed by atoms with Gasteiger partial charge in [-0.3, -0.25) is 9.59 Å². The Morgan fingerprint density at radius 3 is 2.70 bits per heavy atom. The van der Waals surface area contributed by atoms with E-state index in [0.717, 1.165) is 30.8 Å². The lowest BCUT2D eigenvalue weighted by molar-refractivity contribution is -0.140. The Balaban J connectivity index is 1.77. The van der Waals surface area contributed by atoms with Gasteiger partial charge in [0.1, 0.15) is 0 Å². The number of carbonyl (C=O) groups is 2. The number of anilines is 1. The summed E-state index contributed by atoms with van der Waals surface area (Å²) in [7, 11) is 1.40. The minimum Gasteiger partial charge on any atom is -0.469 e. The van der Waals surface area contributed by atoms with Gasteiger partial charge in [0.2, 0.25) is 5.91 Å². The van der Waals surface area contributed by atoms with Gasteiger partial charge in [-0.25, -0.2) is 0 Å². The lowest BCUT2D eigenvalue weighted by atomic mass is 10.0. The van der Waals surface area contributed by atoms with Crippen LogP contribution in [0.2, 0.25) is 0 Å². The third kappa shape index (κ3) is 5.58. The van der Waals surface area contributed by atoms with Gasteiger partial charge in [-0.2, -0.15) is 0 Å². The highest BCUT2D eigenvalue weighted by Gasteiger charge is 2.20. The van der Waals surface area contributed by atoms with Gasteiger partial charge in [0.25, 0.3) is 0 Å². The van der Waals surface area contributed by atoms with Crippen LogP contribution in [-0.4, -0.2) is 43.5 Å². The standard InChI is InChI=1S/C18H26N2O3/c1-14-4-3-11-20(13-14)17(21)12-19-16-8-5-15(6-9-16)7-10-18(22)23-2/h5-6,8-9,14,19H,3-4,7,10-13H2,1-2H3. The molecule has 2 rings (SSSR count). The van der Waals surface area contributed by atoms with E-state index in [2.05, 4.69) is 17.0 Å². The third-order valence-corrected chi connectivity index (χ3v) is 4.25. The Bertz CT molecular complexity index is 528. The molecule has 0 spiro atoms. The van der Waals surface area contributed by atoms with Crippen LogP contribution in [0.3, 0.4) is 0 Å². The summed E-state index contributed by atoms with van der Waals surface area (Å²) in [6.07, 6.45) is 3.36. The number of piperidine rings is 1. The van der Waals surface area contributed by atoms with Crippen molar-refractivity contribution in [3.05, 3.63) is 29.8 Å². The van der Waals surface area contributed by atoms with Crippen molar-refractivity contribution in [2.24, 2.45) is 5.92 Å². The van der Waals surface area contributed by atoms with Crippen molar-refractivity contribution in [3.63, 3.8) is 0 Å².